The number of carbonyl (C=O) groups is 1. The molecule has 0 radical (unpaired) electrons. The van der Waals surface area contributed by atoms with Crippen molar-refractivity contribution in [3.05, 3.63) is 42.5 Å². The van der Waals surface area contributed by atoms with Gasteiger partial charge in [-0.3, -0.25) is 9.88 Å². The van der Waals surface area contributed by atoms with Crippen molar-refractivity contribution in [2.45, 2.75) is 6.92 Å². The van der Waals surface area contributed by atoms with Gasteiger partial charge in [0.15, 0.2) is 0 Å². The summed E-state index contributed by atoms with van der Waals surface area (Å²) in [5, 5.41) is 9.72. The third-order valence-corrected chi connectivity index (χ3v) is 4.22. The Labute approximate surface area is 144 Å². The number of anilines is 1. The number of ether oxygens (including phenoxy) is 2. The van der Waals surface area contributed by atoms with Gasteiger partial charge in [-0.25, -0.2) is 9.18 Å². The monoisotopic (exact) mass is 346 g/mol. The third-order valence-electron chi connectivity index (χ3n) is 4.22. The van der Waals surface area contributed by atoms with Gasteiger partial charge in [-0.15, -0.1) is 0 Å². The van der Waals surface area contributed by atoms with Gasteiger partial charge in [-0.2, -0.15) is 0 Å². The topological polar surface area (TPSA) is 71.9 Å². The Kier molecular flexibility index (Phi) is 4.59. The van der Waals surface area contributed by atoms with Crippen LogP contribution in [0.2, 0.25) is 0 Å². The number of methoxy groups -OCH3 is 1. The van der Waals surface area contributed by atoms with Gasteiger partial charge in [0, 0.05) is 35.3 Å². The van der Waals surface area contributed by atoms with Crippen LogP contribution in [0.3, 0.4) is 0 Å². The van der Waals surface area contributed by atoms with Gasteiger partial charge in [-0.05, 0) is 18.2 Å². The van der Waals surface area contributed by atoms with Crippen molar-refractivity contribution in [3.63, 3.8) is 0 Å². The predicted molar refractivity (Wildman–Crippen MR) is 90.5 cm³/mol. The molecule has 2 aromatic rings. The summed E-state index contributed by atoms with van der Waals surface area (Å²) in [6.07, 6.45) is 1.98. The van der Waals surface area contributed by atoms with Crippen LogP contribution in [0.1, 0.15) is 6.92 Å². The molecule has 1 aromatic carbocycles. The van der Waals surface area contributed by atoms with Gasteiger partial charge in [0.2, 0.25) is 0 Å². The largest absolute Gasteiger partial charge is 0.496 e. The molecule has 0 aliphatic carbocycles. The number of halogens is 1. The number of hydrogen-bond donors (Lipinski definition) is 1. The number of carboxylic acid groups (broad SMARTS) is 1. The number of pyridine rings is 1. The van der Waals surface area contributed by atoms with Gasteiger partial charge in [-0.1, -0.05) is 6.92 Å². The number of aromatic nitrogens is 1. The molecule has 0 spiro atoms. The summed E-state index contributed by atoms with van der Waals surface area (Å²) >= 11 is 0. The van der Waals surface area contributed by atoms with E-state index in [4.69, 9.17) is 9.47 Å². The quantitative estimate of drug-likeness (QED) is 0.898. The number of rotatable bonds is 5. The summed E-state index contributed by atoms with van der Waals surface area (Å²) in [7, 11) is 1.45. The molecule has 0 saturated carbocycles. The van der Waals surface area contributed by atoms with Crippen LogP contribution in [0, 0.1) is 11.2 Å². The zero-order valence-corrected chi connectivity index (χ0v) is 14.0. The highest BCUT2D eigenvalue weighted by atomic mass is 19.1. The Bertz CT molecular complexity index is 792. The lowest BCUT2D eigenvalue weighted by molar-refractivity contribution is -0.0950. The van der Waals surface area contributed by atoms with Crippen molar-refractivity contribution in [1.29, 1.82) is 0 Å². The first-order valence-corrected chi connectivity index (χ1v) is 7.80. The van der Waals surface area contributed by atoms with Crippen LogP contribution in [0.4, 0.5) is 14.9 Å². The fraction of sp³-hybridized carbons (Fsp3) is 0.333. The summed E-state index contributed by atoms with van der Waals surface area (Å²) in [4.78, 5) is 17.2. The highest BCUT2D eigenvalue weighted by Crippen LogP contribution is 2.38. The van der Waals surface area contributed by atoms with E-state index in [1.807, 2.05) is 6.92 Å². The van der Waals surface area contributed by atoms with E-state index in [1.54, 1.807) is 18.3 Å². The molecule has 1 aromatic heterocycles. The van der Waals surface area contributed by atoms with Crippen molar-refractivity contribution >= 4 is 11.8 Å². The molecule has 7 heteroatoms. The van der Waals surface area contributed by atoms with E-state index < -0.39 is 11.9 Å². The first-order valence-electron chi connectivity index (χ1n) is 7.80. The molecule has 3 rings (SSSR count). The Morgan fingerprint density at radius 2 is 2.16 bits per heavy atom. The number of benzene rings is 1. The van der Waals surface area contributed by atoms with Crippen molar-refractivity contribution in [2.75, 3.05) is 31.8 Å². The molecule has 132 valence electrons. The van der Waals surface area contributed by atoms with E-state index in [9.17, 15) is 14.3 Å². The van der Waals surface area contributed by atoms with Crippen LogP contribution in [0.5, 0.6) is 5.75 Å². The van der Waals surface area contributed by atoms with Crippen LogP contribution < -0.4 is 9.64 Å². The molecule has 0 bridgehead atoms. The molecule has 1 N–H and O–H groups in total. The maximum absolute atomic E-state index is 13.5. The number of nitrogens with zero attached hydrogens (tertiary/aromatic N) is 2. The fourth-order valence-electron chi connectivity index (χ4n) is 2.90. The van der Waals surface area contributed by atoms with Gasteiger partial charge in [0.1, 0.15) is 11.6 Å². The Morgan fingerprint density at radius 1 is 1.40 bits per heavy atom. The van der Waals surface area contributed by atoms with E-state index in [0.717, 1.165) is 0 Å². The van der Waals surface area contributed by atoms with E-state index in [0.29, 0.717) is 35.8 Å². The molecule has 1 aliphatic rings. The van der Waals surface area contributed by atoms with Crippen molar-refractivity contribution in [1.82, 2.24) is 4.98 Å². The molecule has 6 nitrogen and oxygen atoms in total. The van der Waals surface area contributed by atoms with E-state index >= 15 is 0 Å². The highest BCUT2D eigenvalue weighted by Gasteiger charge is 2.37. The molecular formula is C18H19FN2O4. The normalized spacial score (nSPS) is 15.3. The minimum Gasteiger partial charge on any atom is -0.496 e. The van der Waals surface area contributed by atoms with E-state index in [1.165, 1.54) is 30.3 Å². The van der Waals surface area contributed by atoms with Gasteiger partial charge < -0.3 is 14.6 Å². The lowest BCUT2D eigenvalue weighted by atomic mass is 9.87. The predicted octanol–water partition coefficient (Wildman–Crippen LogP) is 3.42. The summed E-state index contributed by atoms with van der Waals surface area (Å²) in [5.74, 6) is -0.0959. The summed E-state index contributed by atoms with van der Waals surface area (Å²) in [6.45, 7) is 3.27. The molecule has 1 amide bonds. The molecule has 1 aliphatic heterocycles. The van der Waals surface area contributed by atoms with Crippen LogP contribution in [-0.4, -0.2) is 43.1 Å². The molecule has 1 fully saturated rings. The standard InChI is InChI=1S/C18H19FN2O4/c1-18(10-25-11-18)9-21(17(22)23)15-8-20-6-5-13(15)14-4-3-12(19)7-16(14)24-2/h3-8H,9-11H2,1-2H3,(H,22,23). The number of hydrogen-bond acceptors (Lipinski definition) is 4. The van der Waals surface area contributed by atoms with E-state index in [-0.39, 0.29) is 12.0 Å². The Morgan fingerprint density at radius 3 is 2.76 bits per heavy atom. The second-order valence-corrected chi connectivity index (χ2v) is 6.41. The summed E-state index contributed by atoms with van der Waals surface area (Å²) < 4.78 is 24.0. The number of amides is 1. The maximum atomic E-state index is 13.5. The smallest absolute Gasteiger partial charge is 0.411 e. The zero-order valence-electron chi connectivity index (χ0n) is 14.0. The van der Waals surface area contributed by atoms with Crippen molar-refractivity contribution in [2.24, 2.45) is 5.41 Å². The lowest BCUT2D eigenvalue weighted by Gasteiger charge is -2.41. The Balaban J connectivity index is 2.06. The minimum atomic E-state index is -1.08. The fourth-order valence-corrected chi connectivity index (χ4v) is 2.90. The first-order chi connectivity index (χ1) is 11.9. The molecule has 1 saturated heterocycles. The zero-order chi connectivity index (χ0) is 18.0. The van der Waals surface area contributed by atoms with Gasteiger partial charge >= 0.3 is 6.09 Å². The average molecular weight is 346 g/mol. The van der Waals surface area contributed by atoms with Gasteiger partial charge in [0.05, 0.1) is 32.2 Å². The van der Waals surface area contributed by atoms with Crippen LogP contribution in [0.25, 0.3) is 11.1 Å². The summed E-state index contributed by atoms with van der Waals surface area (Å²) in [6, 6.07) is 5.85. The minimum absolute atomic E-state index is 0.238. The molecular weight excluding hydrogens is 327 g/mol. The van der Waals surface area contributed by atoms with Crippen LogP contribution in [-0.2, 0) is 4.74 Å². The lowest BCUT2D eigenvalue weighted by Crippen LogP contribution is -2.50. The van der Waals surface area contributed by atoms with Crippen LogP contribution in [0.15, 0.2) is 36.7 Å². The maximum Gasteiger partial charge on any atom is 0.411 e. The molecule has 0 unspecified atom stereocenters. The van der Waals surface area contributed by atoms with Crippen LogP contribution >= 0.6 is 0 Å². The van der Waals surface area contributed by atoms with Crippen molar-refractivity contribution < 1.29 is 23.8 Å². The SMILES string of the molecule is COc1cc(F)ccc1-c1ccncc1N(CC1(C)COC1)C(=O)O. The second-order valence-electron chi connectivity index (χ2n) is 6.41. The second kappa shape index (κ2) is 6.68. The summed E-state index contributed by atoms with van der Waals surface area (Å²) in [5.41, 5.74) is 1.40. The van der Waals surface area contributed by atoms with E-state index in [2.05, 4.69) is 4.98 Å². The highest BCUT2D eigenvalue weighted by molar-refractivity contribution is 5.93. The Hall–Kier alpha value is -2.67. The van der Waals surface area contributed by atoms with Crippen molar-refractivity contribution in [3.8, 4) is 16.9 Å². The van der Waals surface area contributed by atoms with Gasteiger partial charge in [0.25, 0.3) is 0 Å². The third kappa shape index (κ3) is 3.41. The molecule has 25 heavy (non-hydrogen) atoms. The molecule has 0 atom stereocenters. The first kappa shape index (κ1) is 17.2. The average Bonchev–Trinajstić information content (AvgIpc) is 2.58. The molecule has 2 heterocycles.